The number of rotatable bonds is 1. The number of hydrogen-bond donors (Lipinski definition) is 0. The standard InChI is InChI=1S/C15H7ClF3NO2/c16-11-7-8(15(17,18)19)5-6-12(11)20-13(21)9-3-1-2-4-10(9)14(20)22/h1-7H. The third kappa shape index (κ3) is 2.16. The van der Waals surface area contributed by atoms with Gasteiger partial charge in [-0.3, -0.25) is 9.59 Å². The molecular formula is C15H7ClF3NO2. The van der Waals surface area contributed by atoms with Gasteiger partial charge in [0, 0.05) is 0 Å². The van der Waals surface area contributed by atoms with Gasteiger partial charge in [0.15, 0.2) is 0 Å². The van der Waals surface area contributed by atoms with Crippen molar-refractivity contribution >= 4 is 29.1 Å². The number of fused-ring (bicyclic) bond motifs is 1. The highest BCUT2D eigenvalue weighted by Crippen LogP contribution is 2.37. The zero-order valence-electron chi connectivity index (χ0n) is 10.8. The number of nitrogens with zero attached hydrogens (tertiary/aromatic N) is 1. The van der Waals surface area contributed by atoms with Crippen molar-refractivity contribution in [2.45, 2.75) is 6.18 Å². The van der Waals surface area contributed by atoms with Crippen molar-refractivity contribution < 1.29 is 22.8 Å². The quantitative estimate of drug-likeness (QED) is 0.738. The van der Waals surface area contributed by atoms with E-state index in [2.05, 4.69) is 0 Å². The monoisotopic (exact) mass is 325 g/mol. The van der Waals surface area contributed by atoms with Gasteiger partial charge in [0.2, 0.25) is 0 Å². The summed E-state index contributed by atoms with van der Waals surface area (Å²) < 4.78 is 37.9. The Labute approximate surface area is 127 Å². The fourth-order valence-corrected chi connectivity index (χ4v) is 2.54. The van der Waals surface area contributed by atoms with Crippen LogP contribution in [-0.4, -0.2) is 11.8 Å². The minimum atomic E-state index is -4.55. The molecule has 1 heterocycles. The Kier molecular flexibility index (Phi) is 3.21. The number of imide groups is 1. The SMILES string of the molecule is O=C1c2ccccc2C(=O)N1c1ccc(C(F)(F)F)cc1Cl. The van der Waals surface area contributed by atoms with Crippen LogP contribution in [0, 0.1) is 0 Å². The minimum Gasteiger partial charge on any atom is -0.268 e. The highest BCUT2D eigenvalue weighted by molar-refractivity contribution is 6.39. The number of hydrogen-bond acceptors (Lipinski definition) is 2. The topological polar surface area (TPSA) is 37.4 Å². The first-order chi connectivity index (χ1) is 10.3. The van der Waals surface area contributed by atoms with Gasteiger partial charge in [-0.05, 0) is 30.3 Å². The van der Waals surface area contributed by atoms with Crippen molar-refractivity contribution in [3.8, 4) is 0 Å². The van der Waals surface area contributed by atoms with Gasteiger partial charge in [0.05, 0.1) is 27.4 Å². The first-order valence-corrected chi connectivity index (χ1v) is 6.53. The maximum atomic E-state index is 12.6. The van der Waals surface area contributed by atoms with Gasteiger partial charge in [0.25, 0.3) is 11.8 Å². The molecule has 0 N–H and O–H groups in total. The van der Waals surface area contributed by atoms with Crippen molar-refractivity contribution in [1.29, 1.82) is 0 Å². The van der Waals surface area contributed by atoms with Crippen LogP contribution in [0.3, 0.4) is 0 Å². The van der Waals surface area contributed by atoms with Gasteiger partial charge in [-0.15, -0.1) is 0 Å². The van der Waals surface area contributed by atoms with Crippen molar-refractivity contribution in [2.24, 2.45) is 0 Å². The van der Waals surface area contributed by atoms with Crippen molar-refractivity contribution in [2.75, 3.05) is 4.90 Å². The van der Waals surface area contributed by atoms with E-state index in [1.165, 1.54) is 12.1 Å². The van der Waals surface area contributed by atoms with Crippen LogP contribution in [0.1, 0.15) is 26.3 Å². The number of carbonyl (C=O) groups excluding carboxylic acids is 2. The Morgan fingerprint density at radius 2 is 1.45 bits per heavy atom. The summed E-state index contributed by atoms with van der Waals surface area (Å²) in [6, 6.07) is 8.66. The molecule has 22 heavy (non-hydrogen) atoms. The fraction of sp³-hybridized carbons (Fsp3) is 0.0667. The van der Waals surface area contributed by atoms with Crippen LogP contribution < -0.4 is 4.90 Å². The Balaban J connectivity index is 2.07. The Hall–Kier alpha value is -2.34. The zero-order chi connectivity index (χ0) is 16.1. The lowest BCUT2D eigenvalue weighted by atomic mass is 10.1. The molecule has 112 valence electrons. The van der Waals surface area contributed by atoms with E-state index in [4.69, 9.17) is 11.6 Å². The molecular weight excluding hydrogens is 319 g/mol. The number of amides is 2. The van der Waals surface area contributed by atoms with E-state index in [1.807, 2.05) is 0 Å². The van der Waals surface area contributed by atoms with E-state index in [0.717, 1.165) is 17.0 Å². The van der Waals surface area contributed by atoms with Gasteiger partial charge in [0.1, 0.15) is 0 Å². The van der Waals surface area contributed by atoms with Gasteiger partial charge >= 0.3 is 6.18 Å². The van der Waals surface area contributed by atoms with Crippen LogP contribution in [0.25, 0.3) is 0 Å². The van der Waals surface area contributed by atoms with Crippen molar-refractivity contribution in [3.63, 3.8) is 0 Å². The molecule has 0 aliphatic carbocycles. The molecule has 1 aliphatic rings. The van der Waals surface area contributed by atoms with Gasteiger partial charge in [-0.2, -0.15) is 13.2 Å². The predicted octanol–water partition coefficient (Wildman–Crippen LogP) is 4.16. The molecule has 0 aromatic heterocycles. The third-order valence-electron chi connectivity index (χ3n) is 3.31. The number of alkyl halides is 3. The molecule has 0 saturated carbocycles. The maximum absolute atomic E-state index is 12.6. The minimum absolute atomic E-state index is 0.0686. The summed E-state index contributed by atoms with van der Waals surface area (Å²) in [5, 5.41) is -0.315. The van der Waals surface area contributed by atoms with Crippen LogP contribution in [-0.2, 0) is 6.18 Å². The molecule has 0 fully saturated rings. The Morgan fingerprint density at radius 3 is 1.91 bits per heavy atom. The number of anilines is 1. The average Bonchev–Trinajstić information content (AvgIpc) is 2.71. The molecule has 2 amide bonds. The fourth-order valence-electron chi connectivity index (χ4n) is 2.27. The van der Waals surface area contributed by atoms with E-state index in [-0.39, 0.29) is 21.8 Å². The summed E-state index contributed by atoms with van der Waals surface area (Å²) in [5.41, 5.74) is -0.620. The van der Waals surface area contributed by atoms with Crippen LogP contribution in [0.2, 0.25) is 5.02 Å². The van der Waals surface area contributed by atoms with Crippen LogP contribution in [0.5, 0.6) is 0 Å². The van der Waals surface area contributed by atoms with E-state index in [9.17, 15) is 22.8 Å². The molecule has 2 aromatic carbocycles. The molecule has 0 saturated heterocycles. The van der Waals surface area contributed by atoms with Crippen molar-refractivity contribution in [1.82, 2.24) is 0 Å². The lowest BCUT2D eigenvalue weighted by molar-refractivity contribution is -0.137. The van der Waals surface area contributed by atoms with E-state index < -0.39 is 23.6 Å². The Bertz CT molecular complexity index is 767. The molecule has 3 nitrogen and oxygen atoms in total. The number of carbonyl (C=O) groups is 2. The number of halogens is 4. The normalized spacial score (nSPS) is 14.5. The number of benzene rings is 2. The Morgan fingerprint density at radius 1 is 0.909 bits per heavy atom. The molecule has 2 aromatic rings. The van der Waals surface area contributed by atoms with Gasteiger partial charge in [-0.1, -0.05) is 23.7 Å². The zero-order valence-corrected chi connectivity index (χ0v) is 11.6. The molecule has 0 bridgehead atoms. The molecule has 0 atom stereocenters. The highest BCUT2D eigenvalue weighted by Gasteiger charge is 2.38. The van der Waals surface area contributed by atoms with E-state index >= 15 is 0 Å². The summed E-state index contributed by atoms with van der Waals surface area (Å²) in [6.07, 6.45) is -4.55. The molecule has 1 aliphatic heterocycles. The summed E-state index contributed by atoms with van der Waals surface area (Å²) in [6.45, 7) is 0. The van der Waals surface area contributed by atoms with Crippen LogP contribution in [0.4, 0.5) is 18.9 Å². The second-order valence-electron chi connectivity index (χ2n) is 4.66. The van der Waals surface area contributed by atoms with Crippen LogP contribution >= 0.6 is 11.6 Å². The average molecular weight is 326 g/mol. The lowest BCUT2D eigenvalue weighted by Crippen LogP contribution is -2.29. The first kappa shape index (κ1) is 14.6. The van der Waals surface area contributed by atoms with Gasteiger partial charge in [-0.25, -0.2) is 4.90 Å². The summed E-state index contributed by atoms with van der Waals surface area (Å²) in [4.78, 5) is 25.3. The second kappa shape index (κ2) is 4.84. The van der Waals surface area contributed by atoms with E-state index in [0.29, 0.717) is 6.07 Å². The second-order valence-corrected chi connectivity index (χ2v) is 5.06. The lowest BCUT2D eigenvalue weighted by Gasteiger charge is -2.17. The highest BCUT2D eigenvalue weighted by atomic mass is 35.5. The molecule has 0 unspecified atom stereocenters. The largest absolute Gasteiger partial charge is 0.416 e. The summed E-state index contributed by atoms with van der Waals surface area (Å²) >= 11 is 5.84. The molecule has 0 spiro atoms. The van der Waals surface area contributed by atoms with Crippen molar-refractivity contribution in [3.05, 3.63) is 64.2 Å². The smallest absolute Gasteiger partial charge is 0.268 e. The molecule has 7 heteroatoms. The van der Waals surface area contributed by atoms with E-state index in [1.54, 1.807) is 12.1 Å². The molecule has 3 rings (SSSR count). The van der Waals surface area contributed by atoms with Gasteiger partial charge < -0.3 is 0 Å². The summed E-state index contributed by atoms with van der Waals surface area (Å²) in [7, 11) is 0. The first-order valence-electron chi connectivity index (χ1n) is 6.15. The summed E-state index contributed by atoms with van der Waals surface area (Å²) in [5.74, 6) is -1.22. The molecule has 0 radical (unpaired) electrons. The maximum Gasteiger partial charge on any atom is 0.416 e. The third-order valence-corrected chi connectivity index (χ3v) is 3.61. The predicted molar refractivity (Wildman–Crippen MR) is 74.0 cm³/mol. The van der Waals surface area contributed by atoms with Crippen LogP contribution in [0.15, 0.2) is 42.5 Å².